The minimum Gasteiger partial charge on any atom is -0.404 e. The number of fused-ring (bicyclic) bond motifs is 5. The smallest absolute Gasteiger partial charge is 0.404 e. The lowest BCUT2D eigenvalue weighted by Gasteiger charge is -2.26. The van der Waals surface area contributed by atoms with Gasteiger partial charge in [0.25, 0.3) is 5.69 Å². The van der Waals surface area contributed by atoms with Crippen molar-refractivity contribution in [3.8, 4) is 0 Å². The highest BCUT2D eigenvalue weighted by atomic mass is 16.6. The number of nitrogens with one attached hydrogen (secondary N) is 1. The number of imide groups is 1. The fraction of sp³-hybridized carbons (Fsp3) is 0.348. The van der Waals surface area contributed by atoms with Crippen LogP contribution in [0.25, 0.3) is 0 Å². The lowest BCUT2D eigenvalue weighted by molar-refractivity contribution is -0.402. The van der Waals surface area contributed by atoms with E-state index in [0.29, 0.717) is 11.3 Å². The Labute approximate surface area is 197 Å². The molecule has 2 aromatic rings. The first kappa shape index (κ1) is 22.4. The van der Waals surface area contributed by atoms with E-state index < -0.39 is 57.8 Å². The number of nitro groups is 2. The van der Waals surface area contributed by atoms with E-state index in [1.54, 1.807) is 6.92 Å². The van der Waals surface area contributed by atoms with Crippen molar-refractivity contribution in [3.63, 3.8) is 0 Å². The molecule has 12 heteroatoms. The van der Waals surface area contributed by atoms with Crippen LogP contribution in [0.15, 0.2) is 46.9 Å². The molecule has 12 nitrogen and oxygen atoms in total. The lowest BCUT2D eigenvalue weighted by atomic mass is 9.85. The normalized spacial score (nSPS) is 25.1. The third-order valence-electron chi connectivity index (χ3n) is 7.01. The summed E-state index contributed by atoms with van der Waals surface area (Å²) < 4.78 is 5.31. The molecule has 1 N–H and O–H groups in total. The molecular weight excluding hydrogens is 460 g/mol. The number of benzene rings is 1. The predicted octanol–water partition coefficient (Wildman–Crippen LogP) is 3.28. The second-order valence-electron chi connectivity index (χ2n) is 9.00. The van der Waals surface area contributed by atoms with Gasteiger partial charge < -0.3 is 9.73 Å². The molecule has 5 rings (SSSR count). The first-order valence-corrected chi connectivity index (χ1v) is 11.0. The van der Waals surface area contributed by atoms with Gasteiger partial charge in [-0.2, -0.15) is 0 Å². The zero-order chi connectivity index (χ0) is 25.0. The molecule has 1 saturated carbocycles. The number of aryl methyl sites for hydroxylation is 1. The second kappa shape index (κ2) is 8.15. The van der Waals surface area contributed by atoms with Crippen molar-refractivity contribution in [2.75, 3.05) is 5.32 Å². The molecule has 3 aliphatic rings. The number of allylic oxidation sites excluding steroid dienone is 2. The highest BCUT2D eigenvalue weighted by molar-refractivity contribution is 6.07. The van der Waals surface area contributed by atoms with E-state index in [1.807, 2.05) is 12.2 Å². The van der Waals surface area contributed by atoms with Crippen LogP contribution >= 0.6 is 0 Å². The molecule has 5 unspecified atom stereocenters. The van der Waals surface area contributed by atoms with Crippen LogP contribution in [-0.4, -0.2) is 32.5 Å². The lowest BCUT2D eigenvalue weighted by Crippen LogP contribution is -2.38. The van der Waals surface area contributed by atoms with E-state index in [0.717, 1.165) is 17.4 Å². The Morgan fingerprint density at radius 1 is 1.09 bits per heavy atom. The maximum Gasteiger partial charge on any atom is 0.433 e. The van der Waals surface area contributed by atoms with E-state index in [4.69, 9.17) is 4.42 Å². The summed E-state index contributed by atoms with van der Waals surface area (Å²) in [5.41, 5.74) is 0.635. The number of carbonyl (C=O) groups is 3. The molecule has 2 aliphatic carbocycles. The standard InChI is InChI=1S/C23H20N4O8/c1-11-8-14(26(31)32)4-5-15(11)24-18(28)10-16(17-6-7-19(35-17)27(33)34)25-22(29)20-12-2-3-13(9-12)21(20)23(25)30/h2-8,12-13,16,20-21H,9-10H2,1H3,(H,24,28). The number of anilines is 1. The molecule has 2 fully saturated rings. The maximum atomic E-state index is 13.3. The van der Waals surface area contributed by atoms with Crippen molar-refractivity contribution < 1.29 is 28.6 Å². The van der Waals surface area contributed by atoms with Gasteiger partial charge in [-0.1, -0.05) is 12.2 Å². The Morgan fingerprint density at radius 3 is 2.29 bits per heavy atom. The monoisotopic (exact) mass is 480 g/mol. The summed E-state index contributed by atoms with van der Waals surface area (Å²) in [4.78, 5) is 61.5. The van der Waals surface area contributed by atoms with E-state index in [2.05, 4.69) is 5.32 Å². The quantitative estimate of drug-likeness (QED) is 0.273. The zero-order valence-electron chi connectivity index (χ0n) is 18.5. The number of carbonyl (C=O) groups excluding carboxylic acids is 3. The third-order valence-corrected chi connectivity index (χ3v) is 7.01. The Balaban J connectivity index is 1.43. The molecule has 35 heavy (non-hydrogen) atoms. The SMILES string of the molecule is Cc1cc([N+](=O)[O-])ccc1NC(=O)CC(c1ccc([N+](=O)[O-])o1)N1C(=O)C2C3C=CC(C3)C2C1=O. The van der Waals surface area contributed by atoms with Crippen molar-refractivity contribution in [2.45, 2.75) is 25.8 Å². The molecule has 3 amide bonds. The number of furan rings is 1. The van der Waals surface area contributed by atoms with Gasteiger partial charge in [0.1, 0.15) is 16.7 Å². The van der Waals surface area contributed by atoms with Crippen molar-refractivity contribution in [2.24, 2.45) is 23.7 Å². The van der Waals surface area contributed by atoms with Gasteiger partial charge in [-0.05, 0) is 42.9 Å². The molecule has 180 valence electrons. The Kier molecular flexibility index (Phi) is 5.23. The van der Waals surface area contributed by atoms with Gasteiger partial charge in [0.15, 0.2) is 0 Å². The molecular formula is C23H20N4O8. The van der Waals surface area contributed by atoms with Crippen LogP contribution in [0.1, 0.15) is 30.2 Å². The average molecular weight is 480 g/mol. The van der Waals surface area contributed by atoms with Crippen molar-refractivity contribution in [1.82, 2.24) is 4.90 Å². The Morgan fingerprint density at radius 2 is 1.74 bits per heavy atom. The number of nitro benzene ring substituents is 1. The molecule has 5 atom stereocenters. The number of likely N-dealkylation sites (tertiary alicyclic amines) is 1. The van der Waals surface area contributed by atoms with Gasteiger partial charge in [0.05, 0.1) is 29.2 Å². The van der Waals surface area contributed by atoms with Crippen molar-refractivity contribution >= 4 is 35.0 Å². The fourth-order valence-corrected chi connectivity index (χ4v) is 5.45. The van der Waals surface area contributed by atoms with Gasteiger partial charge in [-0.15, -0.1) is 0 Å². The number of rotatable bonds is 7. The molecule has 0 spiro atoms. The minimum absolute atomic E-state index is 0.0466. The molecule has 1 aliphatic heterocycles. The summed E-state index contributed by atoms with van der Waals surface area (Å²) in [5, 5.41) is 24.8. The number of nitrogens with zero attached hydrogens (tertiary/aromatic N) is 3. The number of non-ortho nitro benzene ring substituents is 1. The zero-order valence-corrected chi connectivity index (χ0v) is 18.5. The van der Waals surface area contributed by atoms with Gasteiger partial charge in [-0.3, -0.25) is 39.5 Å². The first-order chi connectivity index (χ1) is 16.7. The summed E-state index contributed by atoms with van der Waals surface area (Å²) in [6, 6.07) is 5.16. The Bertz CT molecular complexity index is 1280. The summed E-state index contributed by atoms with van der Waals surface area (Å²) in [6.45, 7) is 1.59. The van der Waals surface area contributed by atoms with Crippen LogP contribution in [0.4, 0.5) is 17.3 Å². The van der Waals surface area contributed by atoms with E-state index in [1.165, 1.54) is 24.3 Å². The molecule has 1 saturated heterocycles. The second-order valence-corrected chi connectivity index (χ2v) is 9.00. The average Bonchev–Trinajstić information content (AvgIpc) is 3.58. The number of hydrogen-bond acceptors (Lipinski definition) is 8. The largest absolute Gasteiger partial charge is 0.433 e. The van der Waals surface area contributed by atoms with Gasteiger partial charge in [-0.25, -0.2) is 0 Å². The summed E-state index contributed by atoms with van der Waals surface area (Å²) in [7, 11) is 0. The fourth-order valence-electron chi connectivity index (χ4n) is 5.45. The predicted molar refractivity (Wildman–Crippen MR) is 119 cm³/mol. The van der Waals surface area contributed by atoms with Crippen LogP contribution in [0, 0.1) is 50.8 Å². The molecule has 1 aromatic carbocycles. The van der Waals surface area contributed by atoms with E-state index in [9.17, 15) is 34.6 Å². The maximum absolute atomic E-state index is 13.3. The molecule has 2 bridgehead atoms. The summed E-state index contributed by atoms with van der Waals surface area (Å²) >= 11 is 0. The van der Waals surface area contributed by atoms with Crippen LogP contribution in [0.3, 0.4) is 0 Å². The minimum atomic E-state index is -1.17. The number of hydrogen-bond donors (Lipinski definition) is 1. The molecule has 2 heterocycles. The van der Waals surface area contributed by atoms with Crippen molar-refractivity contribution in [1.29, 1.82) is 0 Å². The summed E-state index contributed by atoms with van der Waals surface area (Å²) in [5.74, 6) is -3.16. The van der Waals surface area contributed by atoms with E-state index in [-0.39, 0.29) is 23.3 Å². The molecule has 0 radical (unpaired) electrons. The van der Waals surface area contributed by atoms with Crippen LogP contribution < -0.4 is 5.32 Å². The number of amides is 3. The molecule has 1 aromatic heterocycles. The highest BCUT2D eigenvalue weighted by Gasteiger charge is 2.61. The topological polar surface area (TPSA) is 166 Å². The highest BCUT2D eigenvalue weighted by Crippen LogP contribution is 2.54. The third kappa shape index (κ3) is 3.66. The van der Waals surface area contributed by atoms with E-state index >= 15 is 0 Å². The van der Waals surface area contributed by atoms with Crippen LogP contribution in [-0.2, 0) is 14.4 Å². The van der Waals surface area contributed by atoms with Crippen LogP contribution in [0.2, 0.25) is 0 Å². The Hall–Kier alpha value is -4.35. The van der Waals surface area contributed by atoms with Crippen molar-refractivity contribution in [3.05, 3.63) is 74.0 Å². The first-order valence-electron chi connectivity index (χ1n) is 11.0. The summed E-state index contributed by atoms with van der Waals surface area (Å²) in [6.07, 6.45) is 4.22. The van der Waals surface area contributed by atoms with Crippen LogP contribution in [0.5, 0.6) is 0 Å². The van der Waals surface area contributed by atoms with Gasteiger partial charge in [0.2, 0.25) is 17.7 Å². The van der Waals surface area contributed by atoms with Gasteiger partial charge in [0, 0.05) is 17.8 Å². The van der Waals surface area contributed by atoms with Gasteiger partial charge >= 0.3 is 5.88 Å².